The summed E-state index contributed by atoms with van der Waals surface area (Å²) in [4.78, 5) is 11.9. The van der Waals surface area contributed by atoms with Crippen LogP contribution in [0.5, 0.6) is 11.5 Å². The van der Waals surface area contributed by atoms with Crippen LogP contribution in [0.3, 0.4) is 0 Å². The summed E-state index contributed by atoms with van der Waals surface area (Å²) < 4.78 is 23.9. The number of nitrogens with one attached hydrogen (secondary N) is 2. The molecule has 0 saturated heterocycles. The molecule has 2 N–H and O–H groups in total. The predicted molar refractivity (Wildman–Crippen MR) is 76.6 cm³/mol. The minimum absolute atomic E-state index is 0.0718. The van der Waals surface area contributed by atoms with Crippen molar-refractivity contribution in [2.24, 2.45) is 0 Å². The quantitative estimate of drug-likeness (QED) is 0.886. The van der Waals surface area contributed by atoms with E-state index in [0.717, 1.165) is 0 Å². The van der Waals surface area contributed by atoms with E-state index in [2.05, 4.69) is 10.6 Å². The summed E-state index contributed by atoms with van der Waals surface area (Å²) in [5, 5.41) is 5.05. The average molecular weight is 309 g/mol. The number of hydrogen-bond donors (Lipinski definition) is 2. The van der Waals surface area contributed by atoms with E-state index in [9.17, 15) is 9.18 Å². The molecule has 0 saturated carbocycles. The topological polar surface area (TPSA) is 59.6 Å². The van der Waals surface area contributed by atoms with E-state index >= 15 is 0 Å². The molecule has 0 bridgehead atoms. The second kappa shape index (κ2) is 5.49. The van der Waals surface area contributed by atoms with Crippen molar-refractivity contribution < 1.29 is 18.7 Å². The number of para-hydroxylation sites is 1. The first-order valence-corrected chi connectivity index (χ1v) is 6.43. The first kappa shape index (κ1) is 13.5. The molecular formula is C14H10ClFN2O3. The predicted octanol–water partition coefficient (Wildman–Crippen LogP) is 3.85. The Kier molecular flexibility index (Phi) is 3.53. The molecule has 2 aromatic rings. The molecule has 2 aromatic carbocycles. The Morgan fingerprint density at radius 1 is 1.14 bits per heavy atom. The van der Waals surface area contributed by atoms with Crippen molar-refractivity contribution in [3.05, 3.63) is 47.2 Å². The number of benzene rings is 2. The van der Waals surface area contributed by atoms with Crippen molar-refractivity contribution >= 4 is 29.0 Å². The van der Waals surface area contributed by atoms with Crippen molar-refractivity contribution in [1.29, 1.82) is 0 Å². The number of carbonyl (C=O) groups is 1. The van der Waals surface area contributed by atoms with Crippen LogP contribution in [0.25, 0.3) is 0 Å². The smallest absolute Gasteiger partial charge is 0.323 e. The number of rotatable bonds is 2. The molecule has 21 heavy (non-hydrogen) atoms. The number of hydrogen-bond acceptors (Lipinski definition) is 3. The normalized spacial score (nSPS) is 12.1. The number of halogens is 2. The van der Waals surface area contributed by atoms with Crippen LogP contribution in [0.15, 0.2) is 36.4 Å². The summed E-state index contributed by atoms with van der Waals surface area (Å²) in [6.45, 7) is 0.149. The SMILES string of the molecule is O=C(Nc1ccc2c(c1)OCO2)Nc1c(F)cccc1Cl. The van der Waals surface area contributed by atoms with Crippen molar-refractivity contribution in [1.82, 2.24) is 0 Å². The standard InChI is InChI=1S/C14H10ClFN2O3/c15-9-2-1-3-10(16)13(9)18-14(19)17-8-4-5-11-12(6-8)21-7-20-11/h1-6H,7H2,(H2,17,18,19). The molecule has 7 heteroatoms. The van der Waals surface area contributed by atoms with Crippen LogP contribution in [0, 0.1) is 5.82 Å². The lowest BCUT2D eigenvalue weighted by molar-refractivity contribution is 0.174. The number of anilines is 2. The Morgan fingerprint density at radius 2 is 1.95 bits per heavy atom. The Hall–Kier alpha value is -2.47. The zero-order valence-corrected chi connectivity index (χ0v) is 11.4. The first-order valence-electron chi connectivity index (χ1n) is 6.05. The summed E-state index contributed by atoms with van der Waals surface area (Å²) >= 11 is 5.83. The second-order valence-corrected chi connectivity index (χ2v) is 4.65. The van der Waals surface area contributed by atoms with Gasteiger partial charge in [-0.25, -0.2) is 9.18 Å². The third-order valence-corrected chi connectivity index (χ3v) is 3.15. The molecule has 0 aromatic heterocycles. The molecule has 108 valence electrons. The van der Waals surface area contributed by atoms with Crippen molar-refractivity contribution in [3.63, 3.8) is 0 Å². The van der Waals surface area contributed by atoms with Gasteiger partial charge in [-0.05, 0) is 24.3 Å². The minimum atomic E-state index is -0.610. The summed E-state index contributed by atoms with van der Waals surface area (Å²) in [6.07, 6.45) is 0. The lowest BCUT2D eigenvalue weighted by atomic mass is 10.3. The van der Waals surface area contributed by atoms with Crippen LogP contribution in [-0.2, 0) is 0 Å². The molecule has 0 radical (unpaired) electrons. The van der Waals surface area contributed by atoms with E-state index in [4.69, 9.17) is 21.1 Å². The molecule has 0 atom stereocenters. The fraction of sp³-hybridized carbons (Fsp3) is 0.0714. The summed E-state index contributed by atoms with van der Waals surface area (Å²) in [5.74, 6) is 0.540. The molecule has 0 spiro atoms. The molecular weight excluding hydrogens is 299 g/mol. The molecule has 1 aliphatic heterocycles. The van der Waals surface area contributed by atoms with Crippen molar-refractivity contribution in [2.45, 2.75) is 0 Å². The maximum Gasteiger partial charge on any atom is 0.323 e. The van der Waals surface area contributed by atoms with Gasteiger partial charge in [0.2, 0.25) is 6.79 Å². The third-order valence-electron chi connectivity index (χ3n) is 2.83. The highest BCUT2D eigenvalue weighted by Gasteiger charge is 2.15. The van der Waals surface area contributed by atoms with Gasteiger partial charge in [-0.2, -0.15) is 0 Å². The van der Waals surface area contributed by atoms with Crippen molar-refractivity contribution in [2.75, 3.05) is 17.4 Å². The molecule has 1 heterocycles. The summed E-state index contributed by atoms with van der Waals surface area (Å²) in [7, 11) is 0. The molecule has 1 aliphatic rings. The monoisotopic (exact) mass is 308 g/mol. The van der Waals surface area contributed by atoms with Gasteiger partial charge in [0.05, 0.1) is 10.7 Å². The van der Waals surface area contributed by atoms with Gasteiger partial charge in [0, 0.05) is 11.8 Å². The zero-order chi connectivity index (χ0) is 14.8. The molecule has 3 rings (SSSR count). The fourth-order valence-corrected chi connectivity index (χ4v) is 2.08. The largest absolute Gasteiger partial charge is 0.454 e. The first-order chi connectivity index (χ1) is 10.1. The van der Waals surface area contributed by atoms with E-state index in [1.54, 1.807) is 18.2 Å². The van der Waals surface area contributed by atoms with Crippen LogP contribution in [0.4, 0.5) is 20.6 Å². The summed E-state index contributed by atoms with van der Waals surface area (Å²) in [5.41, 5.74) is 0.418. The van der Waals surface area contributed by atoms with Gasteiger partial charge in [-0.1, -0.05) is 17.7 Å². The number of carbonyl (C=O) groups excluding carboxylic acids is 1. The lowest BCUT2D eigenvalue weighted by Gasteiger charge is -2.10. The number of ether oxygens (including phenoxy) is 2. The number of urea groups is 1. The molecule has 0 aliphatic carbocycles. The van der Waals surface area contributed by atoms with Crippen LogP contribution < -0.4 is 20.1 Å². The van der Waals surface area contributed by atoms with E-state index in [1.165, 1.54) is 18.2 Å². The van der Waals surface area contributed by atoms with Crippen LogP contribution in [0.1, 0.15) is 0 Å². The molecule has 5 nitrogen and oxygen atoms in total. The maximum atomic E-state index is 13.6. The van der Waals surface area contributed by atoms with Gasteiger partial charge in [0.25, 0.3) is 0 Å². The van der Waals surface area contributed by atoms with Crippen molar-refractivity contribution in [3.8, 4) is 11.5 Å². The van der Waals surface area contributed by atoms with Gasteiger partial charge in [0.1, 0.15) is 5.82 Å². The Bertz CT molecular complexity index is 688. The van der Waals surface area contributed by atoms with E-state index in [0.29, 0.717) is 17.2 Å². The highest BCUT2D eigenvalue weighted by molar-refractivity contribution is 6.33. The number of amides is 2. The van der Waals surface area contributed by atoms with Crippen LogP contribution >= 0.6 is 11.6 Å². The highest BCUT2D eigenvalue weighted by atomic mass is 35.5. The minimum Gasteiger partial charge on any atom is -0.454 e. The molecule has 2 amide bonds. The Balaban J connectivity index is 1.72. The number of fused-ring (bicyclic) bond motifs is 1. The van der Waals surface area contributed by atoms with Crippen LogP contribution in [-0.4, -0.2) is 12.8 Å². The molecule has 0 fully saturated rings. The van der Waals surface area contributed by atoms with Gasteiger partial charge < -0.3 is 20.1 Å². The fourth-order valence-electron chi connectivity index (χ4n) is 1.87. The van der Waals surface area contributed by atoms with Gasteiger partial charge >= 0.3 is 6.03 Å². The van der Waals surface area contributed by atoms with E-state index in [-0.39, 0.29) is 17.5 Å². The second-order valence-electron chi connectivity index (χ2n) is 4.24. The Morgan fingerprint density at radius 3 is 2.76 bits per heavy atom. The zero-order valence-electron chi connectivity index (χ0n) is 10.7. The van der Waals surface area contributed by atoms with Gasteiger partial charge in [-0.15, -0.1) is 0 Å². The van der Waals surface area contributed by atoms with Crippen LogP contribution in [0.2, 0.25) is 5.02 Å². The third kappa shape index (κ3) is 2.85. The maximum absolute atomic E-state index is 13.6. The Labute approximate surface area is 124 Å². The average Bonchev–Trinajstić information content (AvgIpc) is 2.90. The van der Waals surface area contributed by atoms with E-state index in [1.807, 2.05) is 0 Å². The lowest BCUT2D eigenvalue weighted by Crippen LogP contribution is -2.20. The van der Waals surface area contributed by atoms with E-state index < -0.39 is 11.8 Å². The highest BCUT2D eigenvalue weighted by Crippen LogP contribution is 2.34. The molecule has 0 unspecified atom stereocenters. The summed E-state index contributed by atoms with van der Waals surface area (Å²) in [6, 6.07) is 8.48. The van der Waals surface area contributed by atoms with Gasteiger partial charge in [-0.3, -0.25) is 0 Å². The van der Waals surface area contributed by atoms with Gasteiger partial charge in [0.15, 0.2) is 11.5 Å².